The highest BCUT2D eigenvalue weighted by atomic mass is 32.2. The zero-order valence-corrected chi connectivity index (χ0v) is 18.4. The maximum absolute atomic E-state index is 13.9. The highest BCUT2D eigenvalue weighted by Gasteiger charge is 2.44. The van der Waals surface area contributed by atoms with Crippen LogP contribution in [0.25, 0.3) is 0 Å². The van der Waals surface area contributed by atoms with Gasteiger partial charge in [-0.1, -0.05) is 35.4 Å². The lowest BCUT2D eigenvalue weighted by Crippen LogP contribution is -2.53. The van der Waals surface area contributed by atoms with Crippen LogP contribution in [0.15, 0.2) is 35.2 Å². The maximum atomic E-state index is 13.9. The van der Waals surface area contributed by atoms with Gasteiger partial charge in [0, 0.05) is 18.8 Å². The number of nitrogens with one attached hydrogen (secondary N) is 1. The van der Waals surface area contributed by atoms with Crippen molar-refractivity contribution in [3.63, 3.8) is 0 Å². The summed E-state index contributed by atoms with van der Waals surface area (Å²) in [6, 6.07) is 6.77. The van der Waals surface area contributed by atoms with Crippen molar-refractivity contribution in [2.24, 2.45) is 0 Å². The van der Waals surface area contributed by atoms with Crippen molar-refractivity contribution in [2.45, 2.75) is 57.7 Å². The summed E-state index contributed by atoms with van der Waals surface area (Å²) in [6.45, 7) is 6.94. The van der Waals surface area contributed by atoms with Crippen LogP contribution >= 0.6 is 0 Å². The molecule has 1 N–H and O–H groups in total. The molecule has 1 aliphatic heterocycles. The van der Waals surface area contributed by atoms with E-state index < -0.39 is 28.8 Å². The molecule has 164 valence electrons. The molecule has 0 fully saturated rings. The predicted molar refractivity (Wildman–Crippen MR) is 113 cm³/mol. The summed E-state index contributed by atoms with van der Waals surface area (Å²) in [5.74, 6) is 0. The van der Waals surface area contributed by atoms with Crippen LogP contribution in [-0.4, -0.2) is 33.7 Å². The minimum Gasteiger partial charge on any atom is -0.369 e. The number of fused-ring (bicyclic) bond motifs is 1. The van der Waals surface area contributed by atoms with E-state index in [1.165, 1.54) is 0 Å². The van der Waals surface area contributed by atoms with Crippen LogP contribution in [-0.2, 0) is 16.4 Å². The van der Waals surface area contributed by atoms with Gasteiger partial charge in [0.25, 0.3) is 0 Å². The first kappa shape index (κ1) is 22.6. The predicted octanol–water partition coefficient (Wildman–Crippen LogP) is 4.58. The monoisotopic (exact) mass is 440 g/mol. The molecule has 0 aliphatic carbocycles. The molecule has 1 aliphatic rings. The van der Waals surface area contributed by atoms with E-state index in [1.807, 2.05) is 36.8 Å². The van der Waals surface area contributed by atoms with E-state index in [0.29, 0.717) is 17.7 Å². The van der Waals surface area contributed by atoms with Crippen LogP contribution in [0.4, 0.5) is 18.9 Å². The largest absolute Gasteiger partial charge is 0.406 e. The van der Waals surface area contributed by atoms with Crippen molar-refractivity contribution >= 4 is 15.7 Å². The Bertz CT molecular complexity index is 1030. The number of benzene rings is 2. The van der Waals surface area contributed by atoms with Crippen LogP contribution in [0.3, 0.4) is 0 Å². The molecule has 8 heteroatoms. The average molecular weight is 441 g/mol. The molecule has 3 rings (SSSR count). The minimum atomic E-state index is -4.72. The number of alkyl halides is 3. The Morgan fingerprint density at radius 3 is 2.27 bits per heavy atom. The van der Waals surface area contributed by atoms with Crippen LogP contribution in [0.1, 0.15) is 34.2 Å². The Kier molecular flexibility index (Phi) is 6.20. The van der Waals surface area contributed by atoms with Gasteiger partial charge in [-0.2, -0.15) is 17.9 Å². The second kappa shape index (κ2) is 8.23. The summed E-state index contributed by atoms with van der Waals surface area (Å²) in [7, 11) is -4.35. The number of hydrogen-bond acceptors (Lipinski definition) is 3. The number of halogens is 3. The summed E-state index contributed by atoms with van der Waals surface area (Å²) in [5.41, 5.74) is 4.50. The van der Waals surface area contributed by atoms with Gasteiger partial charge < -0.3 is 4.90 Å². The fraction of sp³-hybridized carbons (Fsp3) is 0.455. The first-order chi connectivity index (χ1) is 13.9. The molecule has 0 saturated heterocycles. The number of sulfonamides is 1. The summed E-state index contributed by atoms with van der Waals surface area (Å²) < 4.78 is 69.5. The lowest BCUT2D eigenvalue weighted by molar-refractivity contribution is -0.149. The Morgan fingerprint density at radius 1 is 1.03 bits per heavy atom. The molecule has 0 aromatic heterocycles. The van der Waals surface area contributed by atoms with Gasteiger partial charge in [0.2, 0.25) is 10.0 Å². The molecule has 0 bridgehead atoms. The molecule has 1 heterocycles. The number of rotatable bonds is 5. The molecule has 2 aromatic carbocycles. The molecule has 0 radical (unpaired) electrons. The molecular weight excluding hydrogens is 413 g/mol. The van der Waals surface area contributed by atoms with Crippen molar-refractivity contribution in [2.75, 3.05) is 18.0 Å². The molecule has 0 saturated carbocycles. The average Bonchev–Trinajstić information content (AvgIpc) is 2.58. The Morgan fingerprint density at radius 2 is 1.67 bits per heavy atom. The van der Waals surface area contributed by atoms with Gasteiger partial charge in [0.1, 0.15) is 6.04 Å². The Balaban J connectivity index is 1.92. The SMILES string of the molecule is Cc1cc(C)c(S(=O)(=O)NC(CN2CCCc3cc(C)ccc32)C(F)(F)F)c(C)c1. The molecule has 1 atom stereocenters. The molecular formula is C22H27F3N2O2S. The van der Waals surface area contributed by atoms with E-state index in [1.54, 1.807) is 30.9 Å². The lowest BCUT2D eigenvalue weighted by atomic mass is 9.99. The minimum absolute atomic E-state index is 0.0861. The van der Waals surface area contributed by atoms with Crippen molar-refractivity contribution in [1.82, 2.24) is 4.72 Å². The molecule has 2 aromatic rings. The molecule has 0 spiro atoms. The Labute approximate surface area is 176 Å². The van der Waals surface area contributed by atoms with Gasteiger partial charge in [0.05, 0.1) is 4.90 Å². The van der Waals surface area contributed by atoms with E-state index >= 15 is 0 Å². The van der Waals surface area contributed by atoms with Crippen LogP contribution in [0, 0.1) is 27.7 Å². The molecule has 4 nitrogen and oxygen atoms in total. The van der Waals surface area contributed by atoms with Crippen molar-refractivity contribution in [3.8, 4) is 0 Å². The van der Waals surface area contributed by atoms with Gasteiger partial charge in [-0.25, -0.2) is 8.42 Å². The molecule has 0 amide bonds. The van der Waals surface area contributed by atoms with Gasteiger partial charge >= 0.3 is 6.18 Å². The van der Waals surface area contributed by atoms with Crippen LogP contribution < -0.4 is 9.62 Å². The van der Waals surface area contributed by atoms with Crippen LogP contribution in [0.5, 0.6) is 0 Å². The standard InChI is InChI=1S/C22H27F3N2O2S/c1-14-7-8-19-18(12-14)6-5-9-27(19)13-20(22(23,24)25)26-30(28,29)21-16(3)10-15(2)11-17(21)4/h7-8,10-12,20,26H,5-6,9,13H2,1-4H3. The van der Waals surface area contributed by atoms with Crippen molar-refractivity contribution < 1.29 is 21.6 Å². The summed E-state index contributed by atoms with van der Waals surface area (Å²) >= 11 is 0. The summed E-state index contributed by atoms with van der Waals surface area (Å²) in [6.07, 6.45) is -3.19. The van der Waals surface area contributed by atoms with Gasteiger partial charge in [-0.05, 0) is 63.3 Å². The highest BCUT2D eigenvalue weighted by molar-refractivity contribution is 7.89. The van der Waals surface area contributed by atoms with Crippen molar-refractivity contribution in [3.05, 3.63) is 58.1 Å². The first-order valence-electron chi connectivity index (χ1n) is 9.90. The number of nitrogens with zero attached hydrogens (tertiary/aromatic N) is 1. The number of aryl methyl sites for hydroxylation is 5. The third-order valence-corrected chi connectivity index (χ3v) is 7.19. The highest BCUT2D eigenvalue weighted by Crippen LogP contribution is 2.31. The number of anilines is 1. The van der Waals surface area contributed by atoms with Crippen molar-refractivity contribution in [1.29, 1.82) is 0 Å². The van der Waals surface area contributed by atoms with Gasteiger partial charge in [-0.3, -0.25) is 0 Å². The normalized spacial score (nSPS) is 15.8. The maximum Gasteiger partial charge on any atom is 0.406 e. The smallest absolute Gasteiger partial charge is 0.369 e. The van der Waals surface area contributed by atoms with E-state index in [0.717, 1.165) is 35.2 Å². The quantitative estimate of drug-likeness (QED) is 0.740. The Hall–Kier alpha value is -2.06. The fourth-order valence-corrected chi connectivity index (χ4v) is 5.92. The van der Waals surface area contributed by atoms with Gasteiger partial charge in [-0.15, -0.1) is 0 Å². The zero-order valence-electron chi connectivity index (χ0n) is 17.6. The van der Waals surface area contributed by atoms with E-state index in [2.05, 4.69) is 0 Å². The first-order valence-corrected chi connectivity index (χ1v) is 11.4. The molecule has 1 unspecified atom stereocenters. The fourth-order valence-electron chi connectivity index (χ4n) is 4.26. The third-order valence-electron chi connectivity index (χ3n) is 5.42. The lowest BCUT2D eigenvalue weighted by Gasteiger charge is -2.35. The second-order valence-electron chi connectivity index (χ2n) is 8.13. The third kappa shape index (κ3) is 4.81. The number of hydrogen-bond donors (Lipinski definition) is 1. The molecule has 30 heavy (non-hydrogen) atoms. The topological polar surface area (TPSA) is 49.4 Å². The second-order valence-corrected chi connectivity index (χ2v) is 9.78. The van der Waals surface area contributed by atoms with E-state index in [9.17, 15) is 21.6 Å². The summed E-state index contributed by atoms with van der Waals surface area (Å²) in [5, 5.41) is 0. The van der Waals surface area contributed by atoms with Gasteiger partial charge in [0.15, 0.2) is 0 Å². The van der Waals surface area contributed by atoms with E-state index in [4.69, 9.17) is 0 Å². The van der Waals surface area contributed by atoms with E-state index in [-0.39, 0.29) is 4.90 Å². The summed E-state index contributed by atoms with van der Waals surface area (Å²) in [4.78, 5) is 1.55. The zero-order chi connectivity index (χ0) is 22.3. The van der Waals surface area contributed by atoms with Crippen LogP contribution in [0.2, 0.25) is 0 Å².